The van der Waals surface area contributed by atoms with E-state index < -0.39 is 0 Å². The first-order chi connectivity index (χ1) is 7.11. The van der Waals surface area contributed by atoms with E-state index in [1.54, 1.807) is 6.92 Å². The third-order valence-electron chi connectivity index (χ3n) is 2.75. The smallest absolute Gasteiger partial charge is 0.229 e. The summed E-state index contributed by atoms with van der Waals surface area (Å²) < 4.78 is 13.1. The zero-order chi connectivity index (χ0) is 11.0. The topological polar surface area (TPSA) is 55.1 Å². The standard InChI is InChI=1S/C11H13FN2O/c1-6-2-9(12)4-7-3-8(5-13)11(15)14-10(6)7/h2,4,8H,3,5,13H2,1H3,(H,14,15). The highest BCUT2D eigenvalue weighted by Gasteiger charge is 2.26. The minimum atomic E-state index is -0.266. The van der Waals surface area contributed by atoms with Crippen LogP contribution in [-0.4, -0.2) is 12.5 Å². The van der Waals surface area contributed by atoms with E-state index in [1.165, 1.54) is 12.1 Å². The van der Waals surface area contributed by atoms with Gasteiger partial charge in [-0.1, -0.05) is 0 Å². The molecule has 1 unspecified atom stereocenters. The van der Waals surface area contributed by atoms with E-state index >= 15 is 0 Å². The maximum atomic E-state index is 13.1. The summed E-state index contributed by atoms with van der Waals surface area (Å²) in [5.41, 5.74) is 7.81. The Morgan fingerprint density at radius 1 is 1.60 bits per heavy atom. The molecule has 1 aromatic carbocycles. The van der Waals surface area contributed by atoms with Gasteiger partial charge in [0, 0.05) is 12.2 Å². The van der Waals surface area contributed by atoms with E-state index in [0.717, 1.165) is 16.8 Å². The monoisotopic (exact) mass is 208 g/mol. The Kier molecular flexibility index (Phi) is 2.44. The summed E-state index contributed by atoms with van der Waals surface area (Å²) in [6.07, 6.45) is 0.524. The minimum Gasteiger partial charge on any atom is -0.330 e. The molecule has 0 saturated carbocycles. The molecule has 3 nitrogen and oxygen atoms in total. The largest absolute Gasteiger partial charge is 0.330 e. The van der Waals surface area contributed by atoms with E-state index in [4.69, 9.17) is 5.73 Å². The predicted molar refractivity (Wildman–Crippen MR) is 56.0 cm³/mol. The van der Waals surface area contributed by atoms with Crippen LogP contribution in [0.15, 0.2) is 12.1 Å². The van der Waals surface area contributed by atoms with Crippen molar-refractivity contribution in [1.82, 2.24) is 0 Å². The van der Waals surface area contributed by atoms with Crippen molar-refractivity contribution < 1.29 is 9.18 Å². The summed E-state index contributed by atoms with van der Waals surface area (Å²) in [5.74, 6) is -0.573. The summed E-state index contributed by atoms with van der Waals surface area (Å²) in [4.78, 5) is 11.5. The zero-order valence-electron chi connectivity index (χ0n) is 8.51. The third-order valence-corrected chi connectivity index (χ3v) is 2.75. The van der Waals surface area contributed by atoms with Crippen LogP contribution in [-0.2, 0) is 11.2 Å². The van der Waals surface area contributed by atoms with Gasteiger partial charge < -0.3 is 11.1 Å². The summed E-state index contributed by atoms with van der Waals surface area (Å²) in [7, 11) is 0. The van der Waals surface area contributed by atoms with Gasteiger partial charge in [-0.05, 0) is 36.6 Å². The molecule has 1 aromatic rings. The van der Waals surface area contributed by atoms with Gasteiger partial charge in [0.25, 0.3) is 0 Å². The van der Waals surface area contributed by atoms with Gasteiger partial charge in [0.05, 0.1) is 5.92 Å². The molecule has 0 spiro atoms. The average Bonchev–Trinajstić information content (AvgIpc) is 2.18. The van der Waals surface area contributed by atoms with Gasteiger partial charge in [-0.25, -0.2) is 4.39 Å². The molecule has 3 N–H and O–H groups in total. The number of hydrogen-bond donors (Lipinski definition) is 2. The second-order valence-electron chi connectivity index (χ2n) is 3.88. The molecule has 1 atom stereocenters. The number of aryl methyl sites for hydroxylation is 1. The minimum absolute atomic E-state index is 0.0697. The van der Waals surface area contributed by atoms with Crippen molar-refractivity contribution in [3.8, 4) is 0 Å². The number of benzene rings is 1. The van der Waals surface area contributed by atoms with Gasteiger partial charge >= 0.3 is 0 Å². The van der Waals surface area contributed by atoms with Crippen LogP contribution in [0.3, 0.4) is 0 Å². The van der Waals surface area contributed by atoms with Crippen LogP contribution in [0.4, 0.5) is 10.1 Å². The molecule has 0 bridgehead atoms. The Balaban J connectivity index is 2.45. The molecule has 0 saturated heterocycles. The van der Waals surface area contributed by atoms with E-state index in [1.807, 2.05) is 0 Å². The summed E-state index contributed by atoms with van der Waals surface area (Å²) in [6.45, 7) is 2.08. The van der Waals surface area contributed by atoms with Crippen molar-refractivity contribution in [2.24, 2.45) is 11.7 Å². The SMILES string of the molecule is Cc1cc(F)cc2c1NC(=O)C(CN)C2. The number of anilines is 1. The second-order valence-corrected chi connectivity index (χ2v) is 3.88. The lowest BCUT2D eigenvalue weighted by Crippen LogP contribution is -2.35. The molecule has 1 heterocycles. The van der Waals surface area contributed by atoms with Crippen molar-refractivity contribution in [2.75, 3.05) is 11.9 Å². The van der Waals surface area contributed by atoms with Crippen LogP contribution in [0.2, 0.25) is 0 Å². The number of fused-ring (bicyclic) bond motifs is 1. The fraction of sp³-hybridized carbons (Fsp3) is 0.364. The molecular weight excluding hydrogens is 195 g/mol. The van der Waals surface area contributed by atoms with Crippen LogP contribution in [0.1, 0.15) is 11.1 Å². The first-order valence-electron chi connectivity index (χ1n) is 4.91. The lowest BCUT2D eigenvalue weighted by atomic mass is 9.91. The molecule has 1 amide bonds. The molecule has 1 aliphatic rings. The van der Waals surface area contributed by atoms with Crippen molar-refractivity contribution in [3.05, 3.63) is 29.1 Å². The molecule has 0 aliphatic carbocycles. The molecule has 0 radical (unpaired) electrons. The first-order valence-corrected chi connectivity index (χ1v) is 4.91. The summed E-state index contributed by atoms with van der Waals surface area (Å²) >= 11 is 0. The van der Waals surface area contributed by atoms with E-state index in [2.05, 4.69) is 5.32 Å². The highest BCUT2D eigenvalue weighted by atomic mass is 19.1. The number of amides is 1. The highest BCUT2D eigenvalue weighted by Crippen LogP contribution is 2.29. The Morgan fingerprint density at radius 2 is 2.33 bits per heavy atom. The number of nitrogens with one attached hydrogen (secondary N) is 1. The quantitative estimate of drug-likeness (QED) is 0.728. The lowest BCUT2D eigenvalue weighted by Gasteiger charge is -2.25. The van der Waals surface area contributed by atoms with Crippen LogP contribution in [0, 0.1) is 18.7 Å². The number of carbonyl (C=O) groups excluding carboxylic acids is 1. The molecule has 2 rings (SSSR count). The Labute approximate surface area is 87.5 Å². The molecule has 80 valence electrons. The van der Waals surface area contributed by atoms with Gasteiger partial charge in [-0.2, -0.15) is 0 Å². The van der Waals surface area contributed by atoms with Crippen molar-refractivity contribution in [3.63, 3.8) is 0 Å². The summed E-state index contributed by atoms with van der Waals surface area (Å²) in [6, 6.07) is 2.88. The molecule has 0 fully saturated rings. The number of rotatable bonds is 1. The summed E-state index contributed by atoms with van der Waals surface area (Å²) in [5, 5.41) is 2.77. The molecule has 4 heteroatoms. The number of halogens is 1. The van der Waals surface area contributed by atoms with Crippen LogP contribution in [0.25, 0.3) is 0 Å². The lowest BCUT2D eigenvalue weighted by molar-refractivity contribution is -0.119. The van der Waals surface area contributed by atoms with Crippen LogP contribution < -0.4 is 11.1 Å². The maximum Gasteiger partial charge on any atom is 0.229 e. The molecular formula is C11H13FN2O. The van der Waals surface area contributed by atoms with Gasteiger partial charge in [-0.15, -0.1) is 0 Å². The van der Waals surface area contributed by atoms with Crippen molar-refractivity contribution in [2.45, 2.75) is 13.3 Å². The number of nitrogens with two attached hydrogens (primary N) is 1. The van der Waals surface area contributed by atoms with Gasteiger partial charge in [0.15, 0.2) is 0 Å². The fourth-order valence-corrected chi connectivity index (χ4v) is 1.93. The Hall–Kier alpha value is -1.42. The third kappa shape index (κ3) is 1.72. The van der Waals surface area contributed by atoms with Gasteiger partial charge in [0.2, 0.25) is 5.91 Å². The second kappa shape index (κ2) is 3.62. The highest BCUT2D eigenvalue weighted by molar-refractivity contribution is 5.96. The normalized spacial score (nSPS) is 19.7. The van der Waals surface area contributed by atoms with Crippen LogP contribution >= 0.6 is 0 Å². The van der Waals surface area contributed by atoms with Crippen molar-refractivity contribution in [1.29, 1.82) is 0 Å². The van der Waals surface area contributed by atoms with E-state index in [9.17, 15) is 9.18 Å². The number of carbonyl (C=O) groups is 1. The zero-order valence-corrected chi connectivity index (χ0v) is 8.51. The molecule has 1 aliphatic heterocycles. The van der Waals surface area contributed by atoms with E-state index in [0.29, 0.717) is 13.0 Å². The Morgan fingerprint density at radius 3 is 3.00 bits per heavy atom. The molecule has 15 heavy (non-hydrogen) atoms. The van der Waals surface area contributed by atoms with Gasteiger partial charge in [0.1, 0.15) is 5.82 Å². The van der Waals surface area contributed by atoms with Crippen LogP contribution in [0.5, 0.6) is 0 Å². The predicted octanol–water partition coefficient (Wildman–Crippen LogP) is 1.20. The number of hydrogen-bond acceptors (Lipinski definition) is 2. The first kappa shape index (κ1) is 10.1. The average molecular weight is 208 g/mol. The fourth-order valence-electron chi connectivity index (χ4n) is 1.93. The van der Waals surface area contributed by atoms with E-state index in [-0.39, 0.29) is 17.6 Å². The van der Waals surface area contributed by atoms with Gasteiger partial charge in [-0.3, -0.25) is 4.79 Å². The van der Waals surface area contributed by atoms with Crippen molar-refractivity contribution >= 4 is 11.6 Å². The molecule has 0 aromatic heterocycles. The Bertz CT molecular complexity index is 417. The maximum absolute atomic E-state index is 13.1.